The van der Waals surface area contributed by atoms with Gasteiger partial charge < -0.3 is 18.9 Å². The van der Waals surface area contributed by atoms with Crippen molar-refractivity contribution in [2.45, 2.75) is 84.2 Å². The molecule has 0 aromatic heterocycles. The zero-order chi connectivity index (χ0) is 15.2. The van der Waals surface area contributed by atoms with Crippen LogP contribution in [0, 0.1) is 0 Å². The average Bonchev–Trinajstić information content (AvgIpc) is 2.51. The summed E-state index contributed by atoms with van der Waals surface area (Å²) in [6.45, 7) is 7.19. The molecule has 0 aromatic rings. The van der Waals surface area contributed by atoms with Gasteiger partial charge in [-0.25, -0.2) is 0 Å². The third kappa shape index (κ3) is 10.2. The van der Waals surface area contributed by atoms with E-state index in [9.17, 15) is 0 Å². The number of hydrogen-bond acceptors (Lipinski definition) is 4. The Morgan fingerprint density at radius 3 is 2.33 bits per heavy atom. The summed E-state index contributed by atoms with van der Waals surface area (Å²) >= 11 is 0. The lowest BCUT2D eigenvalue weighted by atomic mass is 10.1. The van der Waals surface area contributed by atoms with Crippen LogP contribution in [0.1, 0.15) is 71.6 Å². The Labute approximate surface area is 130 Å². The third-order valence-corrected chi connectivity index (χ3v) is 3.73. The first-order valence-corrected chi connectivity index (χ1v) is 8.83. The first kappa shape index (κ1) is 18.9. The van der Waals surface area contributed by atoms with E-state index in [1.165, 1.54) is 38.5 Å². The molecule has 0 amide bonds. The van der Waals surface area contributed by atoms with Crippen LogP contribution in [0.5, 0.6) is 0 Å². The Morgan fingerprint density at radius 1 is 0.952 bits per heavy atom. The molecule has 1 heterocycles. The molecular weight excluding hydrogens is 268 g/mol. The Morgan fingerprint density at radius 2 is 1.67 bits per heavy atom. The molecule has 0 radical (unpaired) electrons. The summed E-state index contributed by atoms with van der Waals surface area (Å²) < 4.78 is 22.4. The number of rotatable bonds is 13. The van der Waals surface area contributed by atoms with E-state index in [0.29, 0.717) is 0 Å². The highest BCUT2D eigenvalue weighted by Gasteiger charge is 2.13. The van der Waals surface area contributed by atoms with Crippen molar-refractivity contribution < 1.29 is 18.9 Å². The van der Waals surface area contributed by atoms with Gasteiger partial charge in [0.15, 0.2) is 12.6 Å². The summed E-state index contributed by atoms with van der Waals surface area (Å²) in [6.07, 6.45) is 10.6. The molecular formula is C17H34O4. The van der Waals surface area contributed by atoms with Crippen LogP contribution < -0.4 is 0 Å². The van der Waals surface area contributed by atoms with Crippen molar-refractivity contribution in [2.75, 3.05) is 26.4 Å². The standard InChI is InChI=1S/C17H34O4/c1-3-18-16(19-4-2)12-8-6-5-7-10-14-20-17-13-9-11-15-21-17/h16-17H,3-15H2,1-2H3. The normalized spacial score (nSPS) is 19.3. The second-order valence-electron chi connectivity index (χ2n) is 5.56. The molecule has 4 heteroatoms. The van der Waals surface area contributed by atoms with Gasteiger partial charge in [-0.3, -0.25) is 0 Å². The summed E-state index contributed by atoms with van der Waals surface area (Å²) in [4.78, 5) is 0. The van der Waals surface area contributed by atoms with Crippen molar-refractivity contribution in [3.8, 4) is 0 Å². The molecule has 1 aliphatic heterocycles. The molecule has 21 heavy (non-hydrogen) atoms. The van der Waals surface area contributed by atoms with Crippen molar-refractivity contribution in [1.82, 2.24) is 0 Å². The highest BCUT2D eigenvalue weighted by molar-refractivity contribution is 4.54. The minimum absolute atomic E-state index is 0.00761. The van der Waals surface area contributed by atoms with Crippen LogP contribution in [0.3, 0.4) is 0 Å². The van der Waals surface area contributed by atoms with Gasteiger partial charge in [-0.15, -0.1) is 0 Å². The molecule has 1 unspecified atom stereocenters. The SMILES string of the molecule is CCOC(CCCCCCCOC1CCCCO1)OCC. The molecule has 1 saturated heterocycles. The van der Waals surface area contributed by atoms with Gasteiger partial charge in [0.1, 0.15) is 0 Å². The number of ether oxygens (including phenoxy) is 4. The number of hydrogen-bond donors (Lipinski definition) is 0. The van der Waals surface area contributed by atoms with Crippen molar-refractivity contribution >= 4 is 0 Å². The molecule has 1 atom stereocenters. The van der Waals surface area contributed by atoms with E-state index in [0.717, 1.165) is 45.7 Å². The van der Waals surface area contributed by atoms with Gasteiger partial charge >= 0.3 is 0 Å². The van der Waals surface area contributed by atoms with Gasteiger partial charge in [-0.05, 0) is 52.4 Å². The molecule has 4 nitrogen and oxygen atoms in total. The van der Waals surface area contributed by atoms with Gasteiger partial charge in [0.05, 0.1) is 0 Å². The molecule has 0 bridgehead atoms. The van der Waals surface area contributed by atoms with E-state index in [4.69, 9.17) is 18.9 Å². The van der Waals surface area contributed by atoms with Gasteiger partial charge in [0, 0.05) is 26.4 Å². The maximum absolute atomic E-state index is 5.73. The summed E-state index contributed by atoms with van der Waals surface area (Å²) in [6, 6.07) is 0. The predicted octanol–water partition coefficient (Wildman–Crippen LogP) is 4.27. The molecule has 0 saturated carbocycles. The molecule has 1 rings (SSSR count). The van der Waals surface area contributed by atoms with Crippen LogP contribution in [0.4, 0.5) is 0 Å². The van der Waals surface area contributed by atoms with Gasteiger partial charge in [-0.2, -0.15) is 0 Å². The highest BCUT2D eigenvalue weighted by Crippen LogP contribution is 2.15. The minimum atomic E-state index is -0.00761. The molecule has 0 N–H and O–H groups in total. The molecule has 0 aromatic carbocycles. The largest absolute Gasteiger partial charge is 0.353 e. The molecule has 1 aliphatic rings. The quantitative estimate of drug-likeness (QED) is 0.376. The van der Waals surface area contributed by atoms with E-state index in [-0.39, 0.29) is 12.6 Å². The number of unbranched alkanes of at least 4 members (excludes halogenated alkanes) is 4. The lowest BCUT2D eigenvalue weighted by molar-refractivity contribution is -0.162. The molecule has 0 aliphatic carbocycles. The zero-order valence-corrected chi connectivity index (χ0v) is 14.0. The van der Waals surface area contributed by atoms with Crippen LogP contribution in [-0.2, 0) is 18.9 Å². The van der Waals surface area contributed by atoms with E-state index in [1.807, 2.05) is 13.8 Å². The van der Waals surface area contributed by atoms with Crippen molar-refractivity contribution in [2.24, 2.45) is 0 Å². The highest BCUT2D eigenvalue weighted by atomic mass is 16.7. The van der Waals surface area contributed by atoms with Crippen molar-refractivity contribution in [1.29, 1.82) is 0 Å². The Balaban J connectivity index is 1.85. The van der Waals surface area contributed by atoms with E-state index < -0.39 is 0 Å². The van der Waals surface area contributed by atoms with Gasteiger partial charge in [0.2, 0.25) is 0 Å². The fourth-order valence-electron chi connectivity index (χ4n) is 2.59. The maximum Gasteiger partial charge on any atom is 0.157 e. The lowest BCUT2D eigenvalue weighted by Crippen LogP contribution is -2.22. The summed E-state index contributed by atoms with van der Waals surface area (Å²) in [5.41, 5.74) is 0. The van der Waals surface area contributed by atoms with Crippen LogP contribution in [0.2, 0.25) is 0 Å². The van der Waals surface area contributed by atoms with Crippen molar-refractivity contribution in [3.63, 3.8) is 0 Å². The zero-order valence-electron chi connectivity index (χ0n) is 14.0. The molecule has 0 spiro atoms. The van der Waals surface area contributed by atoms with Crippen LogP contribution in [-0.4, -0.2) is 39.0 Å². The Kier molecular flexibility index (Phi) is 12.1. The monoisotopic (exact) mass is 302 g/mol. The van der Waals surface area contributed by atoms with E-state index >= 15 is 0 Å². The summed E-state index contributed by atoms with van der Waals surface area (Å²) in [7, 11) is 0. The second-order valence-corrected chi connectivity index (χ2v) is 5.56. The van der Waals surface area contributed by atoms with Crippen LogP contribution >= 0.6 is 0 Å². The fourth-order valence-corrected chi connectivity index (χ4v) is 2.59. The van der Waals surface area contributed by atoms with E-state index in [1.54, 1.807) is 0 Å². The van der Waals surface area contributed by atoms with Gasteiger partial charge in [0.25, 0.3) is 0 Å². The minimum Gasteiger partial charge on any atom is -0.353 e. The Bertz CT molecular complexity index is 211. The maximum atomic E-state index is 5.73. The lowest BCUT2D eigenvalue weighted by Gasteiger charge is -2.22. The van der Waals surface area contributed by atoms with Crippen LogP contribution in [0.25, 0.3) is 0 Å². The summed E-state index contributed by atoms with van der Waals surface area (Å²) in [5.74, 6) is 0. The summed E-state index contributed by atoms with van der Waals surface area (Å²) in [5, 5.41) is 0. The Hall–Kier alpha value is -0.160. The topological polar surface area (TPSA) is 36.9 Å². The van der Waals surface area contributed by atoms with Crippen molar-refractivity contribution in [3.05, 3.63) is 0 Å². The molecule has 1 fully saturated rings. The smallest absolute Gasteiger partial charge is 0.157 e. The second kappa shape index (κ2) is 13.5. The fraction of sp³-hybridized carbons (Fsp3) is 1.00. The van der Waals surface area contributed by atoms with Gasteiger partial charge in [-0.1, -0.05) is 19.3 Å². The van der Waals surface area contributed by atoms with E-state index in [2.05, 4.69) is 0 Å². The average molecular weight is 302 g/mol. The molecule has 126 valence electrons. The van der Waals surface area contributed by atoms with Crippen LogP contribution in [0.15, 0.2) is 0 Å². The first-order chi connectivity index (χ1) is 10.4. The third-order valence-electron chi connectivity index (χ3n) is 3.73. The first-order valence-electron chi connectivity index (χ1n) is 8.83. The predicted molar refractivity (Wildman–Crippen MR) is 84.3 cm³/mol.